The van der Waals surface area contributed by atoms with Crippen molar-refractivity contribution >= 4 is 21.5 Å². The molecule has 1 aromatic rings. The first kappa shape index (κ1) is 14.9. The van der Waals surface area contributed by atoms with E-state index in [2.05, 4.69) is 9.71 Å². The van der Waals surface area contributed by atoms with Crippen molar-refractivity contribution in [1.29, 1.82) is 0 Å². The molecular formula is C11H19N3O3S2. The molecule has 108 valence electrons. The van der Waals surface area contributed by atoms with Crippen molar-refractivity contribution in [3.63, 3.8) is 0 Å². The molecule has 2 N–H and O–H groups in total. The number of aliphatic hydroxyl groups excluding tert-OH is 1. The zero-order chi connectivity index (χ0) is 13.9. The van der Waals surface area contributed by atoms with E-state index in [1.165, 1.54) is 15.6 Å². The molecule has 19 heavy (non-hydrogen) atoms. The number of hydrogen-bond donors (Lipinski definition) is 2. The third-order valence-corrected chi connectivity index (χ3v) is 5.64. The molecular weight excluding hydrogens is 286 g/mol. The van der Waals surface area contributed by atoms with Gasteiger partial charge in [-0.3, -0.25) is 0 Å². The van der Waals surface area contributed by atoms with Crippen LogP contribution in [0.5, 0.6) is 0 Å². The van der Waals surface area contributed by atoms with Crippen LogP contribution in [-0.2, 0) is 16.8 Å². The first-order valence-corrected chi connectivity index (χ1v) is 8.60. The lowest BCUT2D eigenvalue weighted by molar-refractivity contribution is 0.164. The van der Waals surface area contributed by atoms with Gasteiger partial charge in [0.25, 0.3) is 10.2 Å². The van der Waals surface area contributed by atoms with Crippen molar-refractivity contribution in [3.05, 3.63) is 16.1 Å². The number of nitrogens with one attached hydrogen (secondary N) is 1. The van der Waals surface area contributed by atoms with Crippen LogP contribution in [-0.4, -0.2) is 42.5 Å². The number of piperidine rings is 1. The van der Waals surface area contributed by atoms with Gasteiger partial charge in [0.2, 0.25) is 0 Å². The minimum absolute atomic E-state index is 0.0394. The van der Waals surface area contributed by atoms with Crippen LogP contribution in [0.3, 0.4) is 0 Å². The van der Waals surface area contributed by atoms with Crippen molar-refractivity contribution in [2.24, 2.45) is 5.92 Å². The molecule has 2 heterocycles. The van der Waals surface area contributed by atoms with Crippen LogP contribution >= 0.6 is 11.3 Å². The number of aromatic nitrogens is 1. The Labute approximate surface area is 117 Å². The van der Waals surface area contributed by atoms with E-state index < -0.39 is 10.2 Å². The highest BCUT2D eigenvalue weighted by Crippen LogP contribution is 2.18. The molecule has 1 saturated heterocycles. The van der Waals surface area contributed by atoms with Crippen LogP contribution in [0.2, 0.25) is 0 Å². The molecule has 2 rings (SSSR count). The van der Waals surface area contributed by atoms with E-state index in [0.717, 1.165) is 23.5 Å². The number of hydrogen-bond acceptors (Lipinski definition) is 5. The van der Waals surface area contributed by atoms with Gasteiger partial charge in [0.15, 0.2) is 0 Å². The molecule has 8 heteroatoms. The van der Waals surface area contributed by atoms with Crippen molar-refractivity contribution < 1.29 is 13.5 Å². The zero-order valence-electron chi connectivity index (χ0n) is 10.9. The van der Waals surface area contributed by atoms with Gasteiger partial charge in [-0.25, -0.2) is 4.98 Å². The molecule has 0 amide bonds. The van der Waals surface area contributed by atoms with Crippen molar-refractivity contribution in [3.8, 4) is 0 Å². The van der Waals surface area contributed by atoms with Gasteiger partial charge in [0.05, 0.1) is 6.54 Å². The standard InChI is InChI=1S/C11H19N3O3S2/c1-9-8-18-11(13-9)5-12-19(16,17)14-4-2-3-10(6-14)7-15/h8,10,12,15H,2-7H2,1H3. The van der Waals surface area contributed by atoms with E-state index in [1.54, 1.807) is 0 Å². The lowest BCUT2D eigenvalue weighted by Gasteiger charge is -2.30. The maximum atomic E-state index is 12.1. The Morgan fingerprint density at radius 1 is 1.63 bits per heavy atom. The molecule has 6 nitrogen and oxygen atoms in total. The van der Waals surface area contributed by atoms with Gasteiger partial charge in [-0.2, -0.15) is 17.4 Å². The Morgan fingerprint density at radius 2 is 2.42 bits per heavy atom. The molecule has 0 spiro atoms. The van der Waals surface area contributed by atoms with E-state index in [-0.39, 0.29) is 19.1 Å². The molecule has 0 saturated carbocycles. The lowest BCUT2D eigenvalue weighted by atomic mass is 10.0. The van der Waals surface area contributed by atoms with Crippen LogP contribution < -0.4 is 4.72 Å². The molecule has 0 aromatic carbocycles. The Morgan fingerprint density at radius 3 is 3.05 bits per heavy atom. The van der Waals surface area contributed by atoms with Gasteiger partial charge < -0.3 is 5.11 Å². The minimum atomic E-state index is -3.48. The Hall–Kier alpha value is -0.540. The molecule has 1 aliphatic heterocycles. The molecule has 0 radical (unpaired) electrons. The van der Waals surface area contributed by atoms with Crippen LogP contribution in [0, 0.1) is 12.8 Å². The zero-order valence-corrected chi connectivity index (χ0v) is 12.5. The maximum absolute atomic E-state index is 12.1. The normalized spacial score (nSPS) is 21.7. The number of nitrogens with zero attached hydrogens (tertiary/aromatic N) is 2. The third kappa shape index (κ3) is 3.96. The second kappa shape index (κ2) is 6.27. The average molecular weight is 305 g/mol. The molecule has 1 unspecified atom stereocenters. The lowest BCUT2D eigenvalue weighted by Crippen LogP contribution is -2.46. The third-order valence-electron chi connectivity index (χ3n) is 3.15. The summed E-state index contributed by atoms with van der Waals surface area (Å²) in [6.45, 7) is 3.05. The monoisotopic (exact) mass is 305 g/mol. The number of thiazole rings is 1. The topological polar surface area (TPSA) is 82.5 Å². The quantitative estimate of drug-likeness (QED) is 0.829. The van der Waals surface area contributed by atoms with Crippen LogP contribution in [0.25, 0.3) is 0 Å². The first-order valence-electron chi connectivity index (χ1n) is 6.28. The largest absolute Gasteiger partial charge is 0.396 e. The highest BCUT2D eigenvalue weighted by Gasteiger charge is 2.28. The van der Waals surface area contributed by atoms with E-state index in [9.17, 15) is 8.42 Å². The molecule has 1 aromatic heterocycles. The number of rotatable bonds is 5. The summed E-state index contributed by atoms with van der Waals surface area (Å²) in [5, 5.41) is 11.8. The second-order valence-corrected chi connectivity index (χ2v) is 7.46. The van der Waals surface area contributed by atoms with Crippen molar-refractivity contribution in [2.75, 3.05) is 19.7 Å². The number of aliphatic hydroxyl groups is 1. The smallest absolute Gasteiger partial charge is 0.279 e. The summed E-state index contributed by atoms with van der Waals surface area (Å²) in [4.78, 5) is 4.22. The maximum Gasteiger partial charge on any atom is 0.279 e. The molecule has 0 aliphatic carbocycles. The Kier molecular flexibility index (Phi) is 4.91. The highest BCUT2D eigenvalue weighted by atomic mass is 32.2. The van der Waals surface area contributed by atoms with Crippen LogP contribution in [0.15, 0.2) is 5.38 Å². The molecule has 1 atom stereocenters. The minimum Gasteiger partial charge on any atom is -0.396 e. The summed E-state index contributed by atoms with van der Waals surface area (Å²) in [6.07, 6.45) is 1.68. The van der Waals surface area contributed by atoms with Crippen molar-refractivity contribution in [1.82, 2.24) is 14.0 Å². The summed E-state index contributed by atoms with van der Waals surface area (Å²) < 4.78 is 28.3. The summed E-state index contributed by atoms with van der Waals surface area (Å²) in [6, 6.07) is 0. The highest BCUT2D eigenvalue weighted by molar-refractivity contribution is 7.87. The fourth-order valence-corrected chi connectivity index (χ4v) is 4.20. The van der Waals surface area contributed by atoms with E-state index in [4.69, 9.17) is 5.11 Å². The van der Waals surface area contributed by atoms with Gasteiger partial charge in [-0.15, -0.1) is 11.3 Å². The predicted octanol–water partition coefficient (Wildman–Crippen LogP) is 0.490. The van der Waals surface area contributed by atoms with Gasteiger partial charge in [0.1, 0.15) is 5.01 Å². The van der Waals surface area contributed by atoms with Crippen LogP contribution in [0.4, 0.5) is 0 Å². The predicted molar refractivity (Wildman–Crippen MR) is 74.0 cm³/mol. The van der Waals surface area contributed by atoms with Gasteiger partial charge in [-0.1, -0.05) is 0 Å². The second-order valence-electron chi connectivity index (χ2n) is 4.76. The van der Waals surface area contributed by atoms with Crippen molar-refractivity contribution in [2.45, 2.75) is 26.3 Å². The number of aryl methyl sites for hydroxylation is 1. The Bertz CT molecular complexity index is 515. The van der Waals surface area contributed by atoms with E-state index in [1.807, 2.05) is 12.3 Å². The summed E-state index contributed by atoms with van der Waals surface area (Å²) in [7, 11) is -3.48. The molecule has 1 aliphatic rings. The SMILES string of the molecule is Cc1csc(CNS(=O)(=O)N2CCCC(CO)C2)n1. The van der Waals surface area contributed by atoms with Gasteiger partial charge in [-0.05, 0) is 25.7 Å². The average Bonchev–Trinajstić information content (AvgIpc) is 2.82. The molecule has 1 fully saturated rings. The summed E-state index contributed by atoms with van der Waals surface area (Å²) in [5.41, 5.74) is 0.900. The fourth-order valence-electron chi connectivity index (χ4n) is 2.12. The first-order chi connectivity index (χ1) is 9.01. The van der Waals surface area contributed by atoms with Crippen LogP contribution in [0.1, 0.15) is 23.5 Å². The summed E-state index contributed by atoms with van der Waals surface area (Å²) in [5.74, 6) is 0.0485. The Balaban J connectivity index is 1.94. The van der Waals surface area contributed by atoms with E-state index in [0.29, 0.717) is 13.1 Å². The van der Waals surface area contributed by atoms with E-state index >= 15 is 0 Å². The summed E-state index contributed by atoms with van der Waals surface area (Å²) >= 11 is 1.45. The van der Waals surface area contributed by atoms with Gasteiger partial charge in [0, 0.05) is 30.8 Å². The fraction of sp³-hybridized carbons (Fsp3) is 0.727. The van der Waals surface area contributed by atoms with Gasteiger partial charge >= 0.3 is 0 Å². The molecule has 0 bridgehead atoms.